The van der Waals surface area contributed by atoms with Crippen LogP contribution in [0.15, 0.2) is 18.2 Å². The van der Waals surface area contributed by atoms with Gasteiger partial charge in [0.25, 0.3) is 0 Å². The lowest BCUT2D eigenvalue weighted by Crippen LogP contribution is -2.40. The van der Waals surface area contributed by atoms with E-state index in [1.165, 1.54) is 25.7 Å². The molecule has 2 N–H and O–H groups in total. The summed E-state index contributed by atoms with van der Waals surface area (Å²) in [5.74, 6) is 1.72. The number of methoxy groups -OCH3 is 1. The zero-order valence-electron chi connectivity index (χ0n) is 12.9. The van der Waals surface area contributed by atoms with Crippen LogP contribution in [0.3, 0.4) is 0 Å². The number of ether oxygens (including phenoxy) is 2. The molecule has 0 spiro atoms. The minimum Gasteiger partial charge on any atom is -0.497 e. The Morgan fingerprint density at radius 1 is 1.35 bits per heavy atom. The average Bonchev–Trinajstić information content (AvgIpc) is 2.42. The Labute approximate surface area is 122 Å². The summed E-state index contributed by atoms with van der Waals surface area (Å²) < 4.78 is 11.5. The van der Waals surface area contributed by atoms with Gasteiger partial charge in [-0.25, -0.2) is 0 Å². The fourth-order valence-electron chi connectivity index (χ4n) is 3.00. The minimum atomic E-state index is -0.146. The SMILES string of the molecule is CCCCCCC1(C)C[C@@H](N)c2ccc(OC)cc2O1. The first-order valence-corrected chi connectivity index (χ1v) is 7.70. The Bertz CT molecular complexity index is 447. The van der Waals surface area contributed by atoms with Crippen LogP contribution in [0.4, 0.5) is 0 Å². The van der Waals surface area contributed by atoms with Gasteiger partial charge in [-0.3, -0.25) is 0 Å². The lowest BCUT2D eigenvalue weighted by molar-refractivity contribution is 0.0427. The van der Waals surface area contributed by atoms with Crippen LogP contribution in [-0.2, 0) is 0 Å². The Morgan fingerprint density at radius 3 is 2.85 bits per heavy atom. The van der Waals surface area contributed by atoms with Gasteiger partial charge in [0, 0.05) is 24.1 Å². The highest BCUT2D eigenvalue weighted by atomic mass is 16.5. The predicted octanol–water partition coefficient (Wildman–Crippen LogP) is 4.21. The highest BCUT2D eigenvalue weighted by Gasteiger charge is 2.35. The predicted molar refractivity (Wildman–Crippen MR) is 82.3 cm³/mol. The second-order valence-electron chi connectivity index (χ2n) is 6.08. The third-order valence-electron chi connectivity index (χ3n) is 4.19. The number of rotatable bonds is 6. The van der Waals surface area contributed by atoms with Crippen LogP contribution < -0.4 is 15.2 Å². The third-order valence-corrected chi connectivity index (χ3v) is 4.19. The van der Waals surface area contributed by atoms with Crippen LogP contribution in [0.1, 0.15) is 64.0 Å². The van der Waals surface area contributed by atoms with Gasteiger partial charge in [0.15, 0.2) is 0 Å². The molecule has 0 bridgehead atoms. The van der Waals surface area contributed by atoms with Crippen molar-refractivity contribution in [3.8, 4) is 11.5 Å². The number of hydrogen-bond acceptors (Lipinski definition) is 3. The van der Waals surface area contributed by atoms with E-state index in [4.69, 9.17) is 15.2 Å². The summed E-state index contributed by atoms with van der Waals surface area (Å²) in [4.78, 5) is 0. The molecule has 112 valence electrons. The summed E-state index contributed by atoms with van der Waals surface area (Å²) in [7, 11) is 1.68. The van der Waals surface area contributed by atoms with Crippen molar-refractivity contribution in [3.63, 3.8) is 0 Å². The molecule has 1 heterocycles. The monoisotopic (exact) mass is 277 g/mol. The van der Waals surface area contributed by atoms with Gasteiger partial charge in [0.1, 0.15) is 17.1 Å². The van der Waals surface area contributed by atoms with Gasteiger partial charge in [0.05, 0.1) is 7.11 Å². The molecule has 0 saturated heterocycles. The maximum Gasteiger partial charge on any atom is 0.128 e. The molecule has 20 heavy (non-hydrogen) atoms. The van der Waals surface area contributed by atoms with Crippen molar-refractivity contribution in [1.82, 2.24) is 0 Å². The third kappa shape index (κ3) is 3.45. The smallest absolute Gasteiger partial charge is 0.128 e. The molecule has 3 heteroatoms. The molecule has 3 nitrogen and oxygen atoms in total. The molecule has 1 aliphatic rings. The zero-order chi connectivity index (χ0) is 14.6. The summed E-state index contributed by atoms with van der Waals surface area (Å²) in [6.07, 6.45) is 6.99. The molecule has 2 rings (SSSR count). The summed E-state index contributed by atoms with van der Waals surface area (Å²) in [6.45, 7) is 4.42. The second-order valence-corrected chi connectivity index (χ2v) is 6.08. The molecule has 1 aromatic carbocycles. The van der Waals surface area contributed by atoms with Gasteiger partial charge >= 0.3 is 0 Å². The lowest BCUT2D eigenvalue weighted by Gasteiger charge is -2.39. The lowest BCUT2D eigenvalue weighted by atomic mass is 9.85. The molecular formula is C17H27NO2. The first-order chi connectivity index (χ1) is 9.58. The van der Waals surface area contributed by atoms with E-state index in [-0.39, 0.29) is 11.6 Å². The Hall–Kier alpha value is -1.22. The van der Waals surface area contributed by atoms with Crippen molar-refractivity contribution in [2.24, 2.45) is 5.73 Å². The van der Waals surface area contributed by atoms with Crippen LogP contribution in [0.5, 0.6) is 11.5 Å². The van der Waals surface area contributed by atoms with E-state index >= 15 is 0 Å². The standard InChI is InChI=1S/C17H27NO2/c1-4-5-6-7-10-17(2)12-15(18)14-9-8-13(19-3)11-16(14)20-17/h8-9,11,15H,4-7,10,12,18H2,1-3H3/t15-,17?/m1/s1. The number of nitrogens with two attached hydrogens (primary N) is 1. The first-order valence-electron chi connectivity index (χ1n) is 7.70. The molecule has 0 aromatic heterocycles. The van der Waals surface area contributed by atoms with E-state index in [2.05, 4.69) is 13.8 Å². The highest BCUT2D eigenvalue weighted by molar-refractivity contribution is 5.44. The fourth-order valence-corrected chi connectivity index (χ4v) is 3.00. The Kier molecular flexibility index (Phi) is 4.92. The number of unbranched alkanes of at least 4 members (excludes halogenated alkanes) is 3. The van der Waals surface area contributed by atoms with Gasteiger partial charge in [-0.05, 0) is 25.8 Å². The summed E-state index contributed by atoms with van der Waals surface area (Å²) >= 11 is 0. The maximum atomic E-state index is 6.32. The van der Waals surface area contributed by atoms with Gasteiger partial charge in [-0.15, -0.1) is 0 Å². The normalized spacial score (nSPS) is 24.9. The van der Waals surface area contributed by atoms with Crippen molar-refractivity contribution in [1.29, 1.82) is 0 Å². The first kappa shape index (κ1) is 15.2. The largest absolute Gasteiger partial charge is 0.497 e. The van der Waals surface area contributed by atoms with E-state index < -0.39 is 0 Å². The molecular weight excluding hydrogens is 250 g/mol. The summed E-state index contributed by atoms with van der Waals surface area (Å²) in [5, 5.41) is 0. The van der Waals surface area contributed by atoms with Gasteiger partial charge in [-0.1, -0.05) is 32.3 Å². The van der Waals surface area contributed by atoms with Crippen LogP contribution in [-0.4, -0.2) is 12.7 Å². The molecule has 2 atom stereocenters. The molecule has 0 aliphatic carbocycles. The molecule has 0 radical (unpaired) electrons. The van der Waals surface area contributed by atoms with Crippen molar-refractivity contribution in [2.45, 2.75) is 64.0 Å². The quantitative estimate of drug-likeness (QED) is 0.792. The molecule has 1 aromatic rings. The topological polar surface area (TPSA) is 44.5 Å². The fraction of sp³-hybridized carbons (Fsp3) is 0.647. The molecule has 0 amide bonds. The van der Waals surface area contributed by atoms with Crippen LogP contribution >= 0.6 is 0 Å². The Morgan fingerprint density at radius 2 is 2.15 bits per heavy atom. The van der Waals surface area contributed by atoms with E-state index in [9.17, 15) is 0 Å². The summed E-state index contributed by atoms with van der Waals surface area (Å²) in [5.41, 5.74) is 7.27. The molecule has 1 unspecified atom stereocenters. The molecule has 0 fully saturated rings. The van der Waals surface area contributed by atoms with E-state index in [1.807, 2.05) is 18.2 Å². The minimum absolute atomic E-state index is 0.0563. The van der Waals surface area contributed by atoms with Crippen molar-refractivity contribution in [3.05, 3.63) is 23.8 Å². The van der Waals surface area contributed by atoms with Gasteiger partial charge < -0.3 is 15.2 Å². The highest BCUT2D eigenvalue weighted by Crippen LogP contribution is 2.42. The average molecular weight is 277 g/mol. The summed E-state index contributed by atoms with van der Waals surface area (Å²) in [6, 6.07) is 5.99. The number of hydrogen-bond donors (Lipinski definition) is 1. The van der Waals surface area contributed by atoms with E-state index in [1.54, 1.807) is 7.11 Å². The van der Waals surface area contributed by atoms with Gasteiger partial charge in [-0.2, -0.15) is 0 Å². The van der Waals surface area contributed by atoms with Gasteiger partial charge in [0.2, 0.25) is 0 Å². The van der Waals surface area contributed by atoms with E-state index in [0.717, 1.165) is 29.9 Å². The van der Waals surface area contributed by atoms with Crippen molar-refractivity contribution < 1.29 is 9.47 Å². The van der Waals surface area contributed by atoms with Crippen LogP contribution in [0.25, 0.3) is 0 Å². The van der Waals surface area contributed by atoms with Crippen LogP contribution in [0, 0.1) is 0 Å². The second kappa shape index (κ2) is 6.49. The van der Waals surface area contributed by atoms with Crippen molar-refractivity contribution >= 4 is 0 Å². The van der Waals surface area contributed by atoms with Crippen molar-refractivity contribution in [2.75, 3.05) is 7.11 Å². The zero-order valence-corrected chi connectivity index (χ0v) is 12.9. The molecule has 0 saturated carbocycles. The molecule has 1 aliphatic heterocycles. The maximum absolute atomic E-state index is 6.32. The van der Waals surface area contributed by atoms with Crippen LogP contribution in [0.2, 0.25) is 0 Å². The Balaban J connectivity index is 2.08. The number of benzene rings is 1. The number of fused-ring (bicyclic) bond motifs is 1. The van der Waals surface area contributed by atoms with E-state index in [0.29, 0.717) is 0 Å².